The molecule has 0 radical (unpaired) electrons. The zero-order chi connectivity index (χ0) is 20.2. The summed E-state index contributed by atoms with van der Waals surface area (Å²) in [6, 6.07) is 15.7. The van der Waals surface area contributed by atoms with Crippen LogP contribution in [0.5, 0.6) is 0 Å². The molecule has 29 heavy (non-hydrogen) atoms. The van der Waals surface area contributed by atoms with Crippen LogP contribution in [0.1, 0.15) is 12.8 Å². The van der Waals surface area contributed by atoms with E-state index in [2.05, 4.69) is 20.2 Å². The van der Waals surface area contributed by atoms with E-state index in [9.17, 15) is 9.18 Å². The minimum Gasteiger partial charge on any atom is -0.368 e. The molecule has 7 heteroatoms. The number of carbonyl (C=O) groups excluding carboxylic acids is 1. The number of nitrogen functional groups attached to an aromatic ring is 1. The Morgan fingerprint density at radius 2 is 1.97 bits per heavy atom. The van der Waals surface area contributed by atoms with Gasteiger partial charge >= 0.3 is 0 Å². The van der Waals surface area contributed by atoms with E-state index in [4.69, 9.17) is 5.73 Å². The van der Waals surface area contributed by atoms with E-state index in [0.29, 0.717) is 6.54 Å². The number of halogens is 1. The minimum absolute atomic E-state index is 0.0204. The molecule has 0 spiro atoms. The van der Waals surface area contributed by atoms with Crippen molar-refractivity contribution in [1.82, 2.24) is 9.97 Å². The van der Waals surface area contributed by atoms with Crippen LogP contribution in [0.4, 0.5) is 21.8 Å². The summed E-state index contributed by atoms with van der Waals surface area (Å²) in [5.41, 5.74) is 8.22. The van der Waals surface area contributed by atoms with E-state index in [-0.39, 0.29) is 23.6 Å². The van der Waals surface area contributed by atoms with Crippen LogP contribution in [-0.2, 0) is 4.79 Å². The molecule has 1 saturated heterocycles. The first-order valence-electron chi connectivity index (χ1n) is 9.59. The summed E-state index contributed by atoms with van der Waals surface area (Å²) >= 11 is 0. The van der Waals surface area contributed by atoms with Gasteiger partial charge in [-0.1, -0.05) is 24.3 Å². The second kappa shape index (κ2) is 8.26. The molecular formula is C22H22FN5O. The molecule has 3 N–H and O–H groups in total. The first kappa shape index (κ1) is 18.9. The Kier molecular flexibility index (Phi) is 5.37. The van der Waals surface area contributed by atoms with Crippen LogP contribution in [0.15, 0.2) is 60.8 Å². The van der Waals surface area contributed by atoms with E-state index >= 15 is 0 Å². The highest BCUT2D eigenvalue weighted by molar-refractivity contribution is 5.93. The molecule has 4 rings (SSSR count). The maximum atomic E-state index is 13.2. The predicted molar refractivity (Wildman–Crippen MR) is 112 cm³/mol. The average Bonchev–Trinajstić information content (AvgIpc) is 2.74. The number of nitrogens with one attached hydrogen (secondary N) is 1. The molecule has 6 nitrogen and oxygen atoms in total. The van der Waals surface area contributed by atoms with Gasteiger partial charge in [0.1, 0.15) is 11.6 Å². The number of aromatic nitrogens is 2. The maximum Gasteiger partial charge on any atom is 0.229 e. The summed E-state index contributed by atoms with van der Waals surface area (Å²) in [5, 5.41) is 3.02. The molecule has 1 amide bonds. The maximum absolute atomic E-state index is 13.2. The molecule has 3 aromatic rings. The average molecular weight is 391 g/mol. The molecule has 1 unspecified atom stereocenters. The Morgan fingerprint density at radius 1 is 1.14 bits per heavy atom. The summed E-state index contributed by atoms with van der Waals surface area (Å²) in [5.74, 6) is 0.535. The Bertz CT molecular complexity index is 1010. The van der Waals surface area contributed by atoms with Crippen molar-refractivity contribution >= 4 is 23.4 Å². The van der Waals surface area contributed by atoms with Gasteiger partial charge in [0.15, 0.2) is 0 Å². The lowest BCUT2D eigenvalue weighted by molar-refractivity contribution is -0.120. The molecule has 1 fully saturated rings. The SMILES string of the molecule is Nc1nccc(N2CCCC(C(=O)Nc3cccc(-c4ccc(F)cc4)c3)C2)n1. The van der Waals surface area contributed by atoms with Crippen molar-refractivity contribution in [3.05, 3.63) is 66.6 Å². The topological polar surface area (TPSA) is 84.1 Å². The number of benzene rings is 2. The van der Waals surface area contributed by atoms with E-state index in [1.165, 1.54) is 12.1 Å². The Balaban J connectivity index is 1.45. The third-order valence-corrected chi connectivity index (χ3v) is 5.08. The lowest BCUT2D eigenvalue weighted by Crippen LogP contribution is -2.41. The Hall–Kier alpha value is -3.48. The molecule has 1 aromatic heterocycles. The predicted octanol–water partition coefficient (Wildman–Crippen LogP) is 3.72. The summed E-state index contributed by atoms with van der Waals surface area (Å²) in [4.78, 5) is 23.1. The number of nitrogens with two attached hydrogens (primary N) is 1. The van der Waals surface area contributed by atoms with Gasteiger partial charge in [0.05, 0.1) is 5.92 Å². The third kappa shape index (κ3) is 4.51. The van der Waals surface area contributed by atoms with Crippen LogP contribution in [0, 0.1) is 11.7 Å². The fourth-order valence-corrected chi connectivity index (χ4v) is 3.60. The Morgan fingerprint density at radius 3 is 2.76 bits per heavy atom. The van der Waals surface area contributed by atoms with Crippen molar-refractivity contribution < 1.29 is 9.18 Å². The third-order valence-electron chi connectivity index (χ3n) is 5.08. The molecule has 148 valence electrons. The van der Waals surface area contributed by atoms with Gasteiger partial charge < -0.3 is 16.0 Å². The smallest absolute Gasteiger partial charge is 0.229 e. The summed E-state index contributed by atoms with van der Waals surface area (Å²) in [6.45, 7) is 1.42. The number of carbonyl (C=O) groups is 1. The second-order valence-electron chi connectivity index (χ2n) is 7.14. The highest BCUT2D eigenvalue weighted by atomic mass is 19.1. The van der Waals surface area contributed by atoms with Crippen LogP contribution in [-0.4, -0.2) is 29.0 Å². The number of amides is 1. The monoisotopic (exact) mass is 391 g/mol. The van der Waals surface area contributed by atoms with Crippen LogP contribution in [0.25, 0.3) is 11.1 Å². The molecule has 0 bridgehead atoms. The quantitative estimate of drug-likeness (QED) is 0.708. The number of hydrogen-bond acceptors (Lipinski definition) is 5. The van der Waals surface area contributed by atoms with Crippen molar-refractivity contribution in [3.63, 3.8) is 0 Å². The van der Waals surface area contributed by atoms with Crippen molar-refractivity contribution in [2.75, 3.05) is 29.0 Å². The van der Waals surface area contributed by atoms with Gasteiger partial charge in [-0.3, -0.25) is 4.79 Å². The van der Waals surface area contributed by atoms with Gasteiger partial charge in [0.25, 0.3) is 0 Å². The molecular weight excluding hydrogens is 369 g/mol. The Labute approximate surface area is 168 Å². The number of rotatable bonds is 4. The normalized spacial score (nSPS) is 16.4. The van der Waals surface area contributed by atoms with Crippen molar-refractivity contribution in [3.8, 4) is 11.1 Å². The number of nitrogens with zero attached hydrogens (tertiary/aromatic N) is 3. The van der Waals surface area contributed by atoms with Crippen LogP contribution in [0.3, 0.4) is 0 Å². The van der Waals surface area contributed by atoms with Crippen molar-refractivity contribution in [2.24, 2.45) is 5.92 Å². The molecule has 2 heterocycles. The van der Waals surface area contributed by atoms with Gasteiger partial charge in [-0.25, -0.2) is 9.37 Å². The van der Waals surface area contributed by atoms with Gasteiger partial charge in [0.2, 0.25) is 11.9 Å². The number of hydrogen-bond donors (Lipinski definition) is 2. The van der Waals surface area contributed by atoms with Gasteiger partial charge in [-0.05, 0) is 54.3 Å². The summed E-state index contributed by atoms with van der Waals surface area (Å²) in [7, 11) is 0. The minimum atomic E-state index is -0.273. The van der Waals surface area contributed by atoms with E-state index < -0.39 is 0 Å². The van der Waals surface area contributed by atoms with E-state index in [1.807, 2.05) is 30.3 Å². The van der Waals surface area contributed by atoms with E-state index in [1.54, 1.807) is 18.3 Å². The largest absolute Gasteiger partial charge is 0.368 e. The summed E-state index contributed by atoms with van der Waals surface area (Å²) < 4.78 is 13.2. The van der Waals surface area contributed by atoms with Gasteiger partial charge in [-0.15, -0.1) is 0 Å². The zero-order valence-electron chi connectivity index (χ0n) is 15.9. The van der Waals surface area contributed by atoms with E-state index in [0.717, 1.165) is 42.0 Å². The van der Waals surface area contributed by atoms with Crippen molar-refractivity contribution in [2.45, 2.75) is 12.8 Å². The van der Waals surface area contributed by atoms with Crippen molar-refractivity contribution in [1.29, 1.82) is 0 Å². The fraction of sp³-hybridized carbons (Fsp3) is 0.227. The number of piperidine rings is 1. The van der Waals surface area contributed by atoms with Gasteiger partial charge in [-0.2, -0.15) is 4.98 Å². The zero-order valence-corrected chi connectivity index (χ0v) is 15.9. The molecule has 1 aliphatic rings. The lowest BCUT2D eigenvalue weighted by Gasteiger charge is -2.32. The number of anilines is 3. The van der Waals surface area contributed by atoms with Crippen LogP contribution >= 0.6 is 0 Å². The second-order valence-corrected chi connectivity index (χ2v) is 7.14. The molecule has 1 atom stereocenters. The molecule has 0 saturated carbocycles. The molecule has 1 aliphatic heterocycles. The van der Waals surface area contributed by atoms with Crippen LogP contribution < -0.4 is 16.0 Å². The summed E-state index contributed by atoms with van der Waals surface area (Å²) in [6.07, 6.45) is 3.35. The highest BCUT2D eigenvalue weighted by Crippen LogP contribution is 2.25. The first-order chi connectivity index (χ1) is 14.1. The molecule has 0 aliphatic carbocycles. The highest BCUT2D eigenvalue weighted by Gasteiger charge is 2.26. The first-order valence-corrected chi connectivity index (χ1v) is 9.59. The van der Waals surface area contributed by atoms with Gasteiger partial charge in [0, 0.05) is 25.0 Å². The molecule has 2 aromatic carbocycles. The standard InChI is InChI=1S/C22H22FN5O/c23-18-8-6-15(7-9-18)16-3-1-5-19(13-16)26-21(29)17-4-2-12-28(14-17)20-10-11-25-22(24)27-20/h1,3,5-11,13,17H,2,4,12,14H2,(H,26,29)(H2,24,25,27). The fourth-order valence-electron chi connectivity index (χ4n) is 3.60. The van der Waals surface area contributed by atoms with Crippen LogP contribution in [0.2, 0.25) is 0 Å². The lowest BCUT2D eigenvalue weighted by atomic mass is 9.97.